The summed E-state index contributed by atoms with van der Waals surface area (Å²) in [5.74, 6) is 0. The highest BCUT2D eigenvalue weighted by molar-refractivity contribution is 7.26. The lowest BCUT2D eigenvalue weighted by Crippen LogP contribution is -2.11. The van der Waals surface area contributed by atoms with Crippen molar-refractivity contribution in [3.05, 3.63) is 200 Å². The quantitative estimate of drug-likeness (QED) is 0.172. The van der Waals surface area contributed by atoms with Crippen LogP contribution in [0.25, 0.3) is 85.9 Å². The van der Waals surface area contributed by atoms with Crippen molar-refractivity contribution in [2.24, 2.45) is 0 Å². The number of benzene rings is 9. The van der Waals surface area contributed by atoms with E-state index in [4.69, 9.17) is 0 Å². The number of anilines is 3. The normalized spacial score (nSPS) is 11.9. The summed E-state index contributed by atoms with van der Waals surface area (Å²) < 4.78 is 7.43. The van der Waals surface area contributed by atoms with Crippen LogP contribution in [0.3, 0.4) is 0 Å². The molecule has 0 atom stereocenters. The SMILES string of the molecule is c1ccc(-n2c3ccccc3c3c(N(c4ccc(-n5c6ccccc6c6ccc7ccccc7c65)cc4)c4cccc5sc6ccccc6c45)cccc32)cc1. The Morgan fingerprint density at radius 3 is 1.75 bits per heavy atom. The van der Waals surface area contributed by atoms with E-state index in [2.05, 4.69) is 214 Å². The molecule has 262 valence electrons. The highest BCUT2D eigenvalue weighted by Gasteiger charge is 2.24. The Balaban J connectivity index is 1.15. The molecule has 0 aliphatic carbocycles. The van der Waals surface area contributed by atoms with Crippen molar-refractivity contribution in [3.63, 3.8) is 0 Å². The Kier molecular flexibility index (Phi) is 6.80. The summed E-state index contributed by atoms with van der Waals surface area (Å²) >= 11 is 1.86. The van der Waals surface area contributed by atoms with Gasteiger partial charge in [-0.15, -0.1) is 11.3 Å². The third-order valence-corrected chi connectivity index (χ3v) is 12.6. The molecule has 0 N–H and O–H groups in total. The molecule has 9 aromatic carbocycles. The fraction of sp³-hybridized carbons (Fsp3) is 0. The van der Waals surface area contributed by atoms with Gasteiger partial charge >= 0.3 is 0 Å². The maximum absolute atomic E-state index is 2.50. The molecule has 56 heavy (non-hydrogen) atoms. The maximum Gasteiger partial charge on any atom is 0.0619 e. The van der Waals surface area contributed by atoms with Crippen LogP contribution in [0, 0.1) is 0 Å². The molecule has 0 spiro atoms. The van der Waals surface area contributed by atoms with Crippen molar-refractivity contribution in [1.82, 2.24) is 9.13 Å². The first-order chi connectivity index (χ1) is 27.8. The Labute approximate surface area is 327 Å². The number of para-hydroxylation sites is 3. The van der Waals surface area contributed by atoms with Gasteiger partial charge in [0.2, 0.25) is 0 Å². The minimum atomic E-state index is 1.10. The predicted octanol–water partition coefficient (Wildman–Crippen LogP) is 14.9. The minimum absolute atomic E-state index is 1.10. The van der Waals surface area contributed by atoms with Gasteiger partial charge in [-0.1, -0.05) is 121 Å². The standard InChI is InChI=1S/C52H33N3S/c1-2-15-35(16-3-1)53-44-22-10-7-19-41(44)50-45(53)23-12-24-46(50)54(47-25-13-27-49-51(47)42-20-8-11-26-48(42)56-49)36-29-31-37(32-30-36)55-43-21-9-6-18-39(43)40-33-28-34-14-4-5-17-38(34)52(40)55/h1-33H. The molecule has 0 saturated heterocycles. The number of fused-ring (bicyclic) bond motifs is 11. The van der Waals surface area contributed by atoms with Crippen LogP contribution in [0.2, 0.25) is 0 Å². The van der Waals surface area contributed by atoms with E-state index in [1.54, 1.807) is 0 Å². The average Bonchev–Trinajstić information content (AvgIpc) is 3.93. The van der Waals surface area contributed by atoms with E-state index < -0.39 is 0 Å². The smallest absolute Gasteiger partial charge is 0.0619 e. The third kappa shape index (κ3) is 4.51. The van der Waals surface area contributed by atoms with Crippen LogP contribution in [0.4, 0.5) is 17.1 Å². The molecule has 4 heteroatoms. The molecular weight excluding hydrogens is 699 g/mol. The van der Waals surface area contributed by atoms with Gasteiger partial charge in [-0.3, -0.25) is 0 Å². The topological polar surface area (TPSA) is 13.1 Å². The molecule has 3 heterocycles. The van der Waals surface area contributed by atoms with Crippen LogP contribution in [0.1, 0.15) is 0 Å². The zero-order chi connectivity index (χ0) is 36.7. The Bertz CT molecular complexity index is 3480. The molecule has 3 nitrogen and oxygen atoms in total. The first-order valence-electron chi connectivity index (χ1n) is 19.1. The summed E-state index contributed by atoms with van der Waals surface area (Å²) in [5.41, 5.74) is 10.5. The first kappa shape index (κ1) is 31.2. The second kappa shape index (κ2) is 12.2. The van der Waals surface area contributed by atoms with E-state index in [-0.39, 0.29) is 0 Å². The van der Waals surface area contributed by atoms with E-state index >= 15 is 0 Å². The van der Waals surface area contributed by atoms with Crippen LogP contribution < -0.4 is 4.90 Å². The molecule has 0 unspecified atom stereocenters. The molecule has 12 aromatic rings. The Morgan fingerprint density at radius 2 is 0.929 bits per heavy atom. The number of nitrogens with zero attached hydrogens (tertiary/aromatic N) is 3. The maximum atomic E-state index is 2.50. The second-order valence-corrected chi connectivity index (χ2v) is 15.6. The van der Waals surface area contributed by atoms with E-state index in [0.29, 0.717) is 0 Å². The Morgan fingerprint density at radius 1 is 0.339 bits per heavy atom. The van der Waals surface area contributed by atoms with Crippen molar-refractivity contribution in [3.8, 4) is 11.4 Å². The van der Waals surface area contributed by atoms with Gasteiger partial charge in [-0.2, -0.15) is 0 Å². The summed E-state index contributed by atoms with van der Waals surface area (Å²) in [4.78, 5) is 2.50. The molecule has 0 saturated carbocycles. The van der Waals surface area contributed by atoms with E-state index in [9.17, 15) is 0 Å². The van der Waals surface area contributed by atoms with Gasteiger partial charge in [0, 0.05) is 64.2 Å². The van der Waals surface area contributed by atoms with Crippen molar-refractivity contribution in [1.29, 1.82) is 0 Å². The van der Waals surface area contributed by atoms with Crippen LogP contribution in [-0.4, -0.2) is 9.13 Å². The van der Waals surface area contributed by atoms with Gasteiger partial charge < -0.3 is 14.0 Å². The summed E-state index contributed by atoms with van der Waals surface area (Å²) in [6.07, 6.45) is 0. The summed E-state index contributed by atoms with van der Waals surface area (Å²) in [7, 11) is 0. The lowest BCUT2D eigenvalue weighted by atomic mass is 10.0. The van der Waals surface area contributed by atoms with Gasteiger partial charge in [0.1, 0.15) is 0 Å². The predicted molar refractivity (Wildman–Crippen MR) is 240 cm³/mol. The molecule has 3 aromatic heterocycles. The molecule has 0 radical (unpaired) electrons. The summed E-state index contributed by atoms with van der Waals surface area (Å²) in [5, 5.41) is 10.0. The highest BCUT2D eigenvalue weighted by atomic mass is 32.1. The zero-order valence-corrected chi connectivity index (χ0v) is 31.1. The van der Waals surface area contributed by atoms with Crippen molar-refractivity contribution >= 4 is 103 Å². The fourth-order valence-corrected chi connectivity index (χ4v) is 10.3. The van der Waals surface area contributed by atoms with Crippen molar-refractivity contribution in [2.75, 3.05) is 4.90 Å². The number of rotatable bonds is 5. The first-order valence-corrected chi connectivity index (χ1v) is 19.9. The largest absolute Gasteiger partial charge is 0.309 e. The van der Waals surface area contributed by atoms with Crippen molar-refractivity contribution < 1.29 is 0 Å². The summed E-state index contributed by atoms with van der Waals surface area (Å²) in [6.45, 7) is 0. The van der Waals surface area contributed by atoms with Gasteiger partial charge in [0.05, 0.1) is 33.4 Å². The molecule has 0 fully saturated rings. The van der Waals surface area contributed by atoms with E-state index in [1.165, 1.54) is 80.2 Å². The molecule has 12 rings (SSSR count). The minimum Gasteiger partial charge on any atom is -0.309 e. The molecule has 0 bridgehead atoms. The molecule has 0 amide bonds. The molecule has 0 aliphatic rings. The van der Waals surface area contributed by atoms with Gasteiger partial charge in [0.15, 0.2) is 0 Å². The number of thiophene rings is 1. The summed E-state index contributed by atoms with van der Waals surface area (Å²) in [6, 6.07) is 73.2. The van der Waals surface area contributed by atoms with Crippen molar-refractivity contribution in [2.45, 2.75) is 0 Å². The van der Waals surface area contributed by atoms with E-state index in [0.717, 1.165) is 22.7 Å². The average molecular weight is 732 g/mol. The molecular formula is C52H33N3S. The third-order valence-electron chi connectivity index (χ3n) is 11.5. The molecule has 0 aliphatic heterocycles. The highest BCUT2D eigenvalue weighted by Crippen LogP contribution is 2.48. The Hall–Kier alpha value is -7.14. The lowest BCUT2D eigenvalue weighted by Gasteiger charge is -2.28. The van der Waals surface area contributed by atoms with Crippen LogP contribution in [-0.2, 0) is 0 Å². The van der Waals surface area contributed by atoms with E-state index in [1.807, 2.05) is 11.3 Å². The zero-order valence-electron chi connectivity index (χ0n) is 30.3. The monoisotopic (exact) mass is 731 g/mol. The van der Waals surface area contributed by atoms with Crippen LogP contribution in [0.15, 0.2) is 200 Å². The van der Waals surface area contributed by atoms with Gasteiger partial charge in [-0.25, -0.2) is 0 Å². The van der Waals surface area contributed by atoms with Gasteiger partial charge in [0.25, 0.3) is 0 Å². The fourth-order valence-electron chi connectivity index (χ4n) is 9.14. The second-order valence-electron chi connectivity index (χ2n) is 14.5. The number of hydrogen-bond acceptors (Lipinski definition) is 2. The number of aromatic nitrogens is 2. The van der Waals surface area contributed by atoms with Crippen LogP contribution in [0.5, 0.6) is 0 Å². The van der Waals surface area contributed by atoms with Gasteiger partial charge in [-0.05, 0) is 84.2 Å². The lowest BCUT2D eigenvalue weighted by molar-refractivity contribution is 1.18. The van der Waals surface area contributed by atoms with Crippen LogP contribution >= 0.6 is 11.3 Å². The number of hydrogen-bond donors (Lipinski definition) is 0.